The molecule has 0 aromatic carbocycles. The number of rotatable bonds is 2. The summed E-state index contributed by atoms with van der Waals surface area (Å²) in [6.45, 7) is 0.486. The molecule has 0 bridgehead atoms. The van der Waals surface area contributed by atoms with Crippen LogP contribution in [0.1, 0.15) is 5.69 Å². The van der Waals surface area contributed by atoms with Crippen LogP contribution in [0.3, 0.4) is 0 Å². The van der Waals surface area contributed by atoms with Crippen molar-refractivity contribution in [1.29, 1.82) is 0 Å². The third-order valence-electron chi connectivity index (χ3n) is 1.37. The highest BCUT2D eigenvalue weighted by Crippen LogP contribution is 2.06. The zero-order valence-corrected chi connectivity index (χ0v) is 6.69. The minimum Gasteiger partial charge on any atom is -0.363 e. The highest BCUT2D eigenvalue weighted by Gasteiger charge is 2.01. The number of hydrogen-bond donors (Lipinski definition) is 2. The first-order valence-corrected chi connectivity index (χ1v) is 3.69. The van der Waals surface area contributed by atoms with Gasteiger partial charge in [0.15, 0.2) is 5.43 Å². The van der Waals surface area contributed by atoms with Crippen molar-refractivity contribution in [2.75, 3.05) is 6.54 Å². The van der Waals surface area contributed by atoms with Crippen molar-refractivity contribution in [3.8, 4) is 0 Å². The molecule has 0 saturated carbocycles. The van der Waals surface area contributed by atoms with Crippen LogP contribution in [0.2, 0.25) is 5.02 Å². The van der Waals surface area contributed by atoms with Gasteiger partial charge in [-0.3, -0.25) is 4.79 Å². The summed E-state index contributed by atoms with van der Waals surface area (Å²) in [5.74, 6) is 0. The summed E-state index contributed by atoms with van der Waals surface area (Å²) in [7, 11) is 0. The number of hydrogen-bond acceptors (Lipinski definition) is 2. The summed E-state index contributed by atoms with van der Waals surface area (Å²) in [5, 5.41) is 0.248. The molecule has 3 nitrogen and oxygen atoms in total. The molecule has 1 aromatic rings. The minimum atomic E-state index is -0.158. The SMILES string of the molecule is NCCc1[nH]ccc(=O)c1Cl. The van der Waals surface area contributed by atoms with Gasteiger partial charge in [-0.2, -0.15) is 0 Å². The number of nitrogens with one attached hydrogen (secondary N) is 1. The molecule has 4 heteroatoms. The van der Waals surface area contributed by atoms with Gasteiger partial charge in [-0.1, -0.05) is 11.6 Å². The molecule has 1 heterocycles. The lowest BCUT2D eigenvalue weighted by atomic mass is 10.3. The topological polar surface area (TPSA) is 58.9 Å². The van der Waals surface area contributed by atoms with Crippen molar-refractivity contribution in [3.63, 3.8) is 0 Å². The molecule has 1 aromatic heterocycles. The molecule has 0 unspecified atom stereocenters. The van der Waals surface area contributed by atoms with E-state index < -0.39 is 0 Å². The van der Waals surface area contributed by atoms with Crippen molar-refractivity contribution in [2.24, 2.45) is 5.73 Å². The second kappa shape index (κ2) is 3.55. The van der Waals surface area contributed by atoms with Gasteiger partial charge in [0.1, 0.15) is 5.02 Å². The standard InChI is InChI=1S/C7H9ClN2O/c8-7-5(1-3-9)10-4-2-6(7)11/h2,4H,1,3,9H2,(H,10,11). The molecule has 11 heavy (non-hydrogen) atoms. The second-order valence-corrected chi connectivity index (χ2v) is 2.55. The highest BCUT2D eigenvalue weighted by molar-refractivity contribution is 6.31. The van der Waals surface area contributed by atoms with Crippen LogP contribution in [0.5, 0.6) is 0 Å². The fraction of sp³-hybridized carbons (Fsp3) is 0.286. The lowest BCUT2D eigenvalue weighted by Crippen LogP contribution is -2.10. The van der Waals surface area contributed by atoms with Crippen molar-refractivity contribution < 1.29 is 0 Å². The molecule has 0 aliphatic heterocycles. The van der Waals surface area contributed by atoms with Gasteiger partial charge in [0.2, 0.25) is 0 Å². The first-order valence-electron chi connectivity index (χ1n) is 3.32. The monoisotopic (exact) mass is 172 g/mol. The van der Waals surface area contributed by atoms with Crippen LogP contribution >= 0.6 is 11.6 Å². The van der Waals surface area contributed by atoms with E-state index in [4.69, 9.17) is 17.3 Å². The van der Waals surface area contributed by atoms with Crippen LogP contribution in [-0.4, -0.2) is 11.5 Å². The minimum absolute atomic E-state index is 0.158. The lowest BCUT2D eigenvalue weighted by Gasteiger charge is -1.99. The van der Waals surface area contributed by atoms with Gasteiger partial charge in [-0.25, -0.2) is 0 Å². The van der Waals surface area contributed by atoms with E-state index in [1.54, 1.807) is 6.20 Å². The fourth-order valence-electron chi connectivity index (χ4n) is 0.829. The zero-order valence-electron chi connectivity index (χ0n) is 5.93. The Hall–Kier alpha value is -0.800. The summed E-state index contributed by atoms with van der Waals surface area (Å²) in [6.07, 6.45) is 2.17. The van der Waals surface area contributed by atoms with Crippen LogP contribution < -0.4 is 11.2 Å². The summed E-state index contributed by atoms with van der Waals surface area (Å²) < 4.78 is 0. The summed E-state index contributed by atoms with van der Waals surface area (Å²) >= 11 is 5.67. The van der Waals surface area contributed by atoms with Gasteiger partial charge in [-0.05, 0) is 6.54 Å². The molecule has 0 aliphatic rings. The van der Waals surface area contributed by atoms with E-state index in [1.807, 2.05) is 0 Å². The van der Waals surface area contributed by atoms with Crippen molar-refractivity contribution in [1.82, 2.24) is 4.98 Å². The van der Waals surface area contributed by atoms with E-state index in [0.29, 0.717) is 18.7 Å². The van der Waals surface area contributed by atoms with E-state index in [0.717, 1.165) is 0 Å². The molecule has 60 valence electrons. The van der Waals surface area contributed by atoms with Crippen LogP contribution in [0.15, 0.2) is 17.1 Å². The van der Waals surface area contributed by atoms with Crippen LogP contribution in [-0.2, 0) is 6.42 Å². The number of H-pyrrole nitrogens is 1. The van der Waals surface area contributed by atoms with E-state index in [2.05, 4.69) is 4.98 Å². The van der Waals surface area contributed by atoms with Gasteiger partial charge in [0, 0.05) is 24.4 Å². The Morgan fingerprint density at radius 3 is 3.00 bits per heavy atom. The van der Waals surface area contributed by atoms with Crippen LogP contribution in [0.4, 0.5) is 0 Å². The summed E-state index contributed by atoms with van der Waals surface area (Å²) in [5.41, 5.74) is 5.85. The van der Waals surface area contributed by atoms with E-state index in [-0.39, 0.29) is 10.5 Å². The van der Waals surface area contributed by atoms with Gasteiger partial charge < -0.3 is 10.7 Å². The Kier molecular flexibility index (Phi) is 2.68. The number of halogens is 1. The largest absolute Gasteiger partial charge is 0.363 e. The predicted octanol–water partition coefficient (Wildman–Crippen LogP) is 0.529. The molecule has 0 spiro atoms. The normalized spacial score (nSPS) is 10.0. The maximum atomic E-state index is 10.9. The average Bonchev–Trinajstić information content (AvgIpc) is 1.99. The molecule has 0 radical (unpaired) electrons. The first kappa shape index (κ1) is 8.30. The van der Waals surface area contributed by atoms with Gasteiger partial charge >= 0.3 is 0 Å². The molecule has 0 saturated heterocycles. The number of nitrogens with two attached hydrogens (primary N) is 1. The van der Waals surface area contributed by atoms with Gasteiger partial charge in [0.05, 0.1) is 0 Å². The lowest BCUT2D eigenvalue weighted by molar-refractivity contribution is 0.920. The van der Waals surface area contributed by atoms with Gasteiger partial charge in [0.25, 0.3) is 0 Å². The number of aromatic amines is 1. The van der Waals surface area contributed by atoms with Crippen molar-refractivity contribution in [3.05, 3.63) is 33.2 Å². The Morgan fingerprint density at radius 1 is 1.64 bits per heavy atom. The van der Waals surface area contributed by atoms with E-state index in [1.165, 1.54) is 6.07 Å². The maximum Gasteiger partial charge on any atom is 0.200 e. The van der Waals surface area contributed by atoms with Crippen molar-refractivity contribution >= 4 is 11.6 Å². The third kappa shape index (κ3) is 1.82. The maximum absolute atomic E-state index is 10.9. The Morgan fingerprint density at radius 2 is 2.36 bits per heavy atom. The molecular formula is C7H9ClN2O. The smallest absolute Gasteiger partial charge is 0.200 e. The predicted molar refractivity (Wildman–Crippen MR) is 44.8 cm³/mol. The number of pyridine rings is 1. The van der Waals surface area contributed by atoms with Crippen LogP contribution in [0.25, 0.3) is 0 Å². The average molecular weight is 173 g/mol. The summed E-state index contributed by atoms with van der Waals surface area (Å²) in [6, 6.07) is 1.39. The van der Waals surface area contributed by atoms with Crippen molar-refractivity contribution in [2.45, 2.75) is 6.42 Å². The Labute approximate surface area is 69.2 Å². The first-order chi connectivity index (χ1) is 5.25. The Balaban J connectivity index is 3.06. The molecular weight excluding hydrogens is 164 g/mol. The molecule has 0 atom stereocenters. The van der Waals surface area contributed by atoms with Gasteiger partial charge in [-0.15, -0.1) is 0 Å². The summed E-state index contributed by atoms with van der Waals surface area (Å²) in [4.78, 5) is 13.8. The molecule has 0 aliphatic carbocycles. The number of aromatic nitrogens is 1. The van der Waals surface area contributed by atoms with Crippen LogP contribution in [0, 0.1) is 0 Å². The molecule has 1 rings (SSSR count). The van der Waals surface area contributed by atoms with E-state index >= 15 is 0 Å². The molecule has 0 fully saturated rings. The Bertz CT molecular complexity index is 295. The second-order valence-electron chi connectivity index (χ2n) is 2.17. The highest BCUT2D eigenvalue weighted by atomic mass is 35.5. The fourth-order valence-corrected chi connectivity index (χ4v) is 1.04. The molecule has 3 N–H and O–H groups in total. The molecule has 0 amide bonds. The quantitative estimate of drug-likeness (QED) is 0.684. The van der Waals surface area contributed by atoms with E-state index in [9.17, 15) is 4.79 Å². The third-order valence-corrected chi connectivity index (χ3v) is 1.78. The zero-order chi connectivity index (χ0) is 8.27.